The van der Waals surface area contributed by atoms with Gasteiger partial charge in [-0.2, -0.15) is 13.7 Å². The number of nitrogens with two attached hydrogens (primary N) is 1. The Labute approximate surface area is 257 Å². The number of aromatic amines is 2. The van der Waals surface area contributed by atoms with Crippen molar-refractivity contribution in [2.45, 2.75) is 57.0 Å². The fourth-order valence-electron chi connectivity index (χ4n) is 4.39. The van der Waals surface area contributed by atoms with E-state index >= 15 is 0 Å². The summed E-state index contributed by atoms with van der Waals surface area (Å²) >= 11 is 5.20. The van der Waals surface area contributed by atoms with Crippen molar-refractivity contribution in [3.8, 4) is 0 Å². The van der Waals surface area contributed by atoms with Gasteiger partial charge >= 0.3 is 23.5 Å². The van der Waals surface area contributed by atoms with Gasteiger partial charge in [0, 0.05) is 17.2 Å². The number of H-pyrrole nitrogens is 2. The number of phosphoric acid groups is 3. The Balaban J connectivity index is 1.37. The van der Waals surface area contributed by atoms with Crippen LogP contribution in [0.2, 0.25) is 0 Å². The molecule has 2 aliphatic rings. The molecule has 7 atom stereocenters. The summed E-state index contributed by atoms with van der Waals surface area (Å²) in [5, 5.41) is 9.46. The first-order valence-corrected chi connectivity index (χ1v) is 17.5. The van der Waals surface area contributed by atoms with Gasteiger partial charge in [-0.05, 0) is 0 Å². The van der Waals surface area contributed by atoms with E-state index in [1.54, 1.807) is 6.07 Å². The Morgan fingerprint density at radius 1 is 1.13 bits per heavy atom. The van der Waals surface area contributed by atoms with Crippen LogP contribution in [0.1, 0.15) is 32.7 Å². The summed E-state index contributed by atoms with van der Waals surface area (Å²) in [5.74, 6) is -0.630. The zero-order valence-corrected chi connectivity index (χ0v) is 26.7. The van der Waals surface area contributed by atoms with Crippen molar-refractivity contribution >= 4 is 64.5 Å². The average molecular weight is 716 g/mol. The van der Waals surface area contributed by atoms with Crippen molar-refractivity contribution in [1.82, 2.24) is 29.7 Å². The van der Waals surface area contributed by atoms with E-state index < -0.39 is 66.8 Å². The van der Waals surface area contributed by atoms with E-state index in [0.717, 1.165) is 5.69 Å². The van der Waals surface area contributed by atoms with Crippen LogP contribution in [0.25, 0.3) is 11.2 Å². The molecule has 2 aliphatic heterocycles. The molecule has 22 nitrogen and oxygen atoms in total. The Kier molecular flexibility index (Phi) is 9.01. The average Bonchev–Trinajstić information content (AvgIpc) is 3.63. The molecular formula is C19H27N8O14P3S. The molecule has 3 aromatic rings. The number of nitrogens with zero attached hydrogens (tertiary/aromatic N) is 4. The van der Waals surface area contributed by atoms with Gasteiger partial charge in [-0.15, -0.1) is 0 Å². The van der Waals surface area contributed by atoms with Crippen molar-refractivity contribution in [2.75, 3.05) is 17.7 Å². The van der Waals surface area contributed by atoms with Crippen LogP contribution in [0, 0.1) is 4.64 Å². The van der Waals surface area contributed by atoms with E-state index in [4.69, 9.17) is 46.5 Å². The number of rotatable bonds is 10. The molecule has 5 rings (SSSR count). The minimum absolute atomic E-state index is 0.0533. The van der Waals surface area contributed by atoms with E-state index in [0.29, 0.717) is 0 Å². The van der Waals surface area contributed by atoms with Gasteiger partial charge in [0.1, 0.15) is 29.5 Å². The fraction of sp³-hybridized carbons (Fsp3) is 0.526. The Bertz CT molecular complexity index is 1820. The second-order valence-electron chi connectivity index (χ2n) is 10.7. The smallest absolute Gasteiger partial charge is 0.369 e. The maximum absolute atomic E-state index is 13.1. The van der Waals surface area contributed by atoms with Crippen LogP contribution in [0.5, 0.6) is 0 Å². The minimum atomic E-state index is -5.78. The molecule has 45 heavy (non-hydrogen) atoms. The summed E-state index contributed by atoms with van der Waals surface area (Å²) in [7, 11) is -16.9. The number of imidazole rings is 1. The predicted molar refractivity (Wildman–Crippen MR) is 150 cm³/mol. The standard InChI is InChI=1S/C19H27N8O14P3S/c1-19(2,3)8-4-9(26-25-8)22-14(28)17-38-11-7(5-36-43(32,33)41-44(34,35)40-42(29,30)31)37-16(12(11)39-17)27-6-21-10-13(27)23-18(20)24-15(10)45/h4,6-7,11-12,16-17H,5H2,1-3H3,(H,32,33)(H,34,35)(H2,29,30,31)(H3,20,23,24,45)(H2,22,25,26,28). The van der Waals surface area contributed by atoms with E-state index in [9.17, 15) is 28.3 Å². The lowest BCUT2D eigenvalue weighted by Crippen LogP contribution is -2.34. The van der Waals surface area contributed by atoms with Crippen molar-refractivity contribution < 1.29 is 65.4 Å². The molecule has 26 heteroatoms. The molecule has 0 aromatic carbocycles. The zero-order valence-electron chi connectivity index (χ0n) is 23.2. The number of nitrogen functional groups attached to an aromatic ring is 1. The number of nitrogens with one attached hydrogen (secondary N) is 3. The molecule has 3 aromatic heterocycles. The van der Waals surface area contributed by atoms with Crippen LogP contribution in [0.15, 0.2) is 12.4 Å². The molecule has 248 valence electrons. The van der Waals surface area contributed by atoms with E-state index in [2.05, 4.69) is 39.1 Å². The molecular weight excluding hydrogens is 689 g/mol. The maximum Gasteiger partial charge on any atom is 0.490 e. The van der Waals surface area contributed by atoms with Gasteiger partial charge in [0.25, 0.3) is 5.91 Å². The second-order valence-corrected chi connectivity index (χ2v) is 15.5. The topological polar surface area (TPSA) is 318 Å². The summed E-state index contributed by atoms with van der Waals surface area (Å²) < 4.78 is 66.4. The number of hydrogen-bond acceptors (Lipinski definition) is 15. The molecule has 0 saturated carbocycles. The number of fused-ring (bicyclic) bond motifs is 2. The summed E-state index contributed by atoms with van der Waals surface area (Å²) in [6.45, 7) is 4.93. The van der Waals surface area contributed by atoms with Crippen molar-refractivity contribution in [3.05, 3.63) is 22.7 Å². The molecule has 0 bridgehead atoms. The van der Waals surface area contributed by atoms with Gasteiger partial charge in [0.05, 0.1) is 12.9 Å². The van der Waals surface area contributed by atoms with Gasteiger partial charge in [0.2, 0.25) is 6.29 Å². The van der Waals surface area contributed by atoms with Crippen LogP contribution >= 0.6 is 35.7 Å². The lowest BCUT2D eigenvalue weighted by atomic mass is 9.92. The first kappa shape index (κ1) is 33.9. The summed E-state index contributed by atoms with van der Waals surface area (Å²) in [6, 6.07) is 1.63. The van der Waals surface area contributed by atoms with Crippen molar-refractivity contribution in [1.29, 1.82) is 0 Å². The molecule has 2 fully saturated rings. The third-order valence-corrected chi connectivity index (χ3v) is 10.3. The van der Waals surface area contributed by atoms with Crippen LogP contribution in [0.3, 0.4) is 0 Å². The summed E-state index contributed by atoms with van der Waals surface area (Å²) in [4.78, 5) is 60.9. The van der Waals surface area contributed by atoms with Crippen LogP contribution in [-0.4, -0.2) is 86.4 Å². The third kappa shape index (κ3) is 7.75. The quantitative estimate of drug-likeness (QED) is 0.107. The van der Waals surface area contributed by atoms with Crippen molar-refractivity contribution in [3.63, 3.8) is 0 Å². The molecule has 1 amide bonds. The third-order valence-electron chi connectivity index (χ3n) is 6.25. The van der Waals surface area contributed by atoms with Crippen molar-refractivity contribution in [2.24, 2.45) is 0 Å². The number of ether oxygens (including phenoxy) is 3. The van der Waals surface area contributed by atoms with E-state index in [1.165, 1.54) is 10.9 Å². The number of phosphoric ester groups is 1. The predicted octanol–water partition coefficient (Wildman–Crippen LogP) is 1.08. The minimum Gasteiger partial charge on any atom is -0.369 e. The normalized spacial score (nSPS) is 26.4. The largest absolute Gasteiger partial charge is 0.490 e. The van der Waals surface area contributed by atoms with Gasteiger partial charge < -0.3 is 49.8 Å². The monoisotopic (exact) mass is 716 g/mol. The molecule has 0 spiro atoms. The van der Waals surface area contributed by atoms with Crippen LogP contribution < -0.4 is 11.1 Å². The molecule has 2 saturated heterocycles. The van der Waals surface area contributed by atoms with Gasteiger partial charge in [0.15, 0.2) is 22.6 Å². The lowest BCUT2D eigenvalue weighted by Gasteiger charge is -2.22. The van der Waals surface area contributed by atoms with E-state index in [1.807, 2.05) is 20.8 Å². The lowest BCUT2D eigenvalue weighted by molar-refractivity contribution is -0.166. The highest BCUT2D eigenvalue weighted by atomic mass is 32.1. The molecule has 5 heterocycles. The molecule has 0 radical (unpaired) electrons. The number of anilines is 2. The molecule has 9 N–H and O–H groups in total. The SMILES string of the molecule is CC(C)(C)c1cc(NC(=O)C2OC3C(COP(=O)(O)OP(=O)(O)OP(=O)(O)O)OC(n4cnc5c(=S)nc(N)[nH]c54)C3O2)n[nH]1. The fourth-order valence-corrected chi connectivity index (χ4v) is 7.67. The first-order valence-electron chi connectivity index (χ1n) is 12.6. The Hall–Kier alpha value is -2.46. The maximum atomic E-state index is 13.1. The Morgan fingerprint density at radius 3 is 2.47 bits per heavy atom. The second kappa shape index (κ2) is 12.0. The van der Waals surface area contributed by atoms with Gasteiger partial charge in [-0.3, -0.25) is 19.0 Å². The number of carbonyl (C=O) groups excluding carboxylic acids is 1. The zero-order chi connectivity index (χ0) is 33.1. The number of carbonyl (C=O) groups is 1. The van der Waals surface area contributed by atoms with E-state index in [-0.39, 0.29) is 33.0 Å². The molecule has 7 unspecified atom stereocenters. The van der Waals surface area contributed by atoms with Crippen LogP contribution in [-0.2, 0) is 51.3 Å². The number of amides is 1. The highest BCUT2D eigenvalue weighted by Crippen LogP contribution is 2.66. The number of hydrogen-bond donors (Lipinski definition) is 8. The summed E-state index contributed by atoms with van der Waals surface area (Å²) in [6.07, 6.45) is -5.00. The van der Waals surface area contributed by atoms with Gasteiger partial charge in [-0.25, -0.2) is 23.7 Å². The summed E-state index contributed by atoms with van der Waals surface area (Å²) in [5.41, 5.74) is 6.73. The first-order chi connectivity index (χ1) is 20.7. The highest BCUT2D eigenvalue weighted by Gasteiger charge is 2.56. The van der Waals surface area contributed by atoms with Crippen LogP contribution in [0.4, 0.5) is 11.8 Å². The highest BCUT2D eigenvalue weighted by molar-refractivity contribution is 7.71. The molecule has 0 aliphatic carbocycles. The Morgan fingerprint density at radius 2 is 1.82 bits per heavy atom. The number of aromatic nitrogens is 6. The van der Waals surface area contributed by atoms with Gasteiger partial charge in [-0.1, -0.05) is 33.0 Å².